The first-order chi connectivity index (χ1) is 12.7. The smallest absolute Gasteiger partial charge is 0.254 e. The summed E-state index contributed by atoms with van der Waals surface area (Å²) in [5, 5.41) is 0. The summed E-state index contributed by atoms with van der Waals surface area (Å²) in [7, 11) is 0. The summed E-state index contributed by atoms with van der Waals surface area (Å²) >= 11 is 0. The third-order valence-corrected chi connectivity index (χ3v) is 5.41. The first-order valence-corrected chi connectivity index (χ1v) is 9.29. The second-order valence-corrected chi connectivity index (χ2v) is 7.14. The zero-order valence-electron chi connectivity index (χ0n) is 14.8. The van der Waals surface area contributed by atoms with Crippen LogP contribution in [0.15, 0.2) is 33.9 Å². The van der Waals surface area contributed by atoms with Crippen molar-refractivity contribution in [3.63, 3.8) is 0 Å². The average molecular weight is 356 g/mol. The van der Waals surface area contributed by atoms with Crippen LogP contribution >= 0.6 is 0 Å². The van der Waals surface area contributed by atoms with Crippen LogP contribution in [0.4, 0.5) is 0 Å². The molecule has 0 aliphatic carbocycles. The van der Waals surface area contributed by atoms with E-state index in [1.807, 2.05) is 17.0 Å². The SMILES string of the molecule is O=C([C@H]1CCCN(Cc2ccco2)C1)N1CCc2nc[nH]c(=O)c2CC1. The molecule has 7 heteroatoms. The van der Waals surface area contributed by atoms with E-state index < -0.39 is 0 Å². The maximum Gasteiger partial charge on any atom is 0.254 e. The number of fused-ring (bicyclic) bond motifs is 1. The molecule has 0 radical (unpaired) electrons. The molecule has 0 unspecified atom stereocenters. The van der Waals surface area contributed by atoms with E-state index in [1.54, 1.807) is 6.26 Å². The molecule has 138 valence electrons. The molecule has 0 aromatic carbocycles. The quantitative estimate of drug-likeness (QED) is 0.894. The van der Waals surface area contributed by atoms with E-state index in [0.29, 0.717) is 25.9 Å². The number of furan rings is 1. The molecule has 2 aromatic heterocycles. The summed E-state index contributed by atoms with van der Waals surface area (Å²) in [6.07, 6.45) is 6.31. The number of aromatic amines is 1. The normalized spacial score (nSPS) is 21.2. The second-order valence-electron chi connectivity index (χ2n) is 7.14. The molecule has 1 amide bonds. The van der Waals surface area contributed by atoms with Crippen LogP contribution in [0.2, 0.25) is 0 Å². The monoisotopic (exact) mass is 356 g/mol. The van der Waals surface area contributed by atoms with Gasteiger partial charge in [0.25, 0.3) is 5.56 Å². The highest BCUT2D eigenvalue weighted by atomic mass is 16.3. The highest BCUT2D eigenvalue weighted by molar-refractivity contribution is 5.79. The Kier molecular flexibility index (Phi) is 4.88. The first kappa shape index (κ1) is 17.0. The minimum Gasteiger partial charge on any atom is -0.468 e. The van der Waals surface area contributed by atoms with Gasteiger partial charge in [-0.05, 0) is 37.9 Å². The maximum absolute atomic E-state index is 13.1. The topological polar surface area (TPSA) is 82.4 Å². The third kappa shape index (κ3) is 3.58. The van der Waals surface area contributed by atoms with Crippen molar-refractivity contribution in [2.24, 2.45) is 5.92 Å². The molecule has 2 aliphatic rings. The second kappa shape index (κ2) is 7.45. The summed E-state index contributed by atoms with van der Waals surface area (Å²) in [4.78, 5) is 36.2. The minimum atomic E-state index is -0.0772. The van der Waals surface area contributed by atoms with Gasteiger partial charge in [0.05, 0.1) is 30.7 Å². The van der Waals surface area contributed by atoms with Crippen molar-refractivity contribution >= 4 is 5.91 Å². The number of hydrogen-bond acceptors (Lipinski definition) is 5. The molecule has 1 fully saturated rings. The molecular formula is C19H24N4O3. The number of nitrogens with zero attached hydrogens (tertiary/aromatic N) is 3. The van der Waals surface area contributed by atoms with Crippen LogP contribution in [0.25, 0.3) is 0 Å². The molecule has 0 bridgehead atoms. The number of amides is 1. The van der Waals surface area contributed by atoms with Gasteiger partial charge in [-0.3, -0.25) is 14.5 Å². The summed E-state index contributed by atoms with van der Waals surface area (Å²) < 4.78 is 5.44. The van der Waals surface area contributed by atoms with Gasteiger partial charge >= 0.3 is 0 Å². The lowest BCUT2D eigenvalue weighted by atomic mass is 9.96. The van der Waals surface area contributed by atoms with Gasteiger partial charge in [0, 0.05) is 31.6 Å². The molecule has 0 spiro atoms. The highest BCUT2D eigenvalue weighted by Gasteiger charge is 2.30. The summed E-state index contributed by atoms with van der Waals surface area (Å²) in [5.74, 6) is 1.16. The number of piperidine rings is 1. The van der Waals surface area contributed by atoms with Crippen LogP contribution in [-0.4, -0.2) is 51.9 Å². The Balaban J connectivity index is 1.39. The molecule has 7 nitrogen and oxygen atoms in total. The van der Waals surface area contributed by atoms with Crippen LogP contribution < -0.4 is 5.56 Å². The fraction of sp³-hybridized carbons (Fsp3) is 0.526. The van der Waals surface area contributed by atoms with Crippen molar-refractivity contribution in [1.82, 2.24) is 19.8 Å². The Hall–Kier alpha value is -2.41. The molecule has 1 N–H and O–H groups in total. The maximum atomic E-state index is 13.1. The van der Waals surface area contributed by atoms with Crippen molar-refractivity contribution in [2.75, 3.05) is 26.2 Å². The Morgan fingerprint density at radius 3 is 3.04 bits per heavy atom. The first-order valence-electron chi connectivity index (χ1n) is 9.29. The molecule has 4 rings (SSSR count). The lowest BCUT2D eigenvalue weighted by molar-refractivity contribution is -0.137. The van der Waals surface area contributed by atoms with Crippen LogP contribution in [0.1, 0.15) is 29.9 Å². The van der Waals surface area contributed by atoms with Crippen LogP contribution in [0.5, 0.6) is 0 Å². The zero-order valence-corrected chi connectivity index (χ0v) is 14.8. The van der Waals surface area contributed by atoms with Crippen LogP contribution in [0.3, 0.4) is 0 Å². The molecule has 1 saturated heterocycles. The average Bonchev–Trinajstić information content (AvgIpc) is 3.06. The Bertz CT molecular complexity index is 814. The van der Waals surface area contributed by atoms with Crippen molar-refractivity contribution in [3.05, 3.63) is 52.1 Å². The van der Waals surface area contributed by atoms with Crippen molar-refractivity contribution in [1.29, 1.82) is 0 Å². The molecular weight excluding hydrogens is 332 g/mol. The standard InChI is InChI=1S/C19H24N4O3/c24-18-16-5-8-23(9-6-17(16)20-13-21-18)19(25)14-3-1-7-22(11-14)12-15-4-2-10-26-15/h2,4,10,13-14H,1,3,5-9,11-12H2,(H,20,21,24)/t14-/m0/s1. The largest absolute Gasteiger partial charge is 0.468 e. The van der Waals surface area contributed by atoms with Gasteiger partial charge in [-0.2, -0.15) is 0 Å². The number of carbonyl (C=O) groups is 1. The van der Waals surface area contributed by atoms with Gasteiger partial charge in [0.1, 0.15) is 5.76 Å². The van der Waals surface area contributed by atoms with E-state index in [9.17, 15) is 9.59 Å². The third-order valence-electron chi connectivity index (χ3n) is 5.41. The van der Waals surface area contributed by atoms with Crippen molar-refractivity contribution < 1.29 is 9.21 Å². The van der Waals surface area contributed by atoms with E-state index in [4.69, 9.17) is 4.42 Å². The van der Waals surface area contributed by atoms with E-state index in [1.165, 1.54) is 6.33 Å². The predicted octanol–water partition coefficient (Wildman–Crippen LogP) is 1.20. The summed E-state index contributed by atoms with van der Waals surface area (Å²) in [6, 6.07) is 3.87. The fourth-order valence-electron chi connectivity index (χ4n) is 4.04. The van der Waals surface area contributed by atoms with Crippen LogP contribution in [-0.2, 0) is 24.2 Å². The highest BCUT2D eigenvalue weighted by Crippen LogP contribution is 2.22. The zero-order chi connectivity index (χ0) is 17.9. The number of carbonyl (C=O) groups excluding carboxylic acids is 1. The van der Waals surface area contributed by atoms with Crippen molar-refractivity contribution in [2.45, 2.75) is 32.2 Å². The minimum absolute atomic E-state index is 0.0196. The predicted molar refractivity (Wildman–Crippen MR) is 95.6 cm³/mol. The number of rotatable bonds is 3. The lowest BCUT2D eigenvalue weighted by Gasteiger charge is -2.34. The van der Waals surface area contributed by atoms with Gasteiger partial charge in [-0.15, -0.1) is 0 Å². The Labute approximate surface area is 152 Å². The van der Waals surface area contributed by atoms with Gasteiger partial charge in [-0.1, -0.05) is 0 Å². The molecule has 2 aromatic rings. The number of H-pyrrole nitrogens is 1. The lowest BCUT2D eigenvalue weighted by Crippen LogP contribution is -2.45. The Morgan fingerprint density at radius 2 is 2.19 bits per heavy atom. The fourth-order valence-corrected chi connectivity index (χ4v) is 4.04. The van der Waals surface area contributed by atoms with E-state index >= 15 is 0 Å². The number of hydrogen-bond donors (Lipinski definition) is 1. The van der Waals surface area contributed by atoms with E-state index in [0.717, 1.165) is 49.5 Å². The van der Waals surface area contributed by atoms with Crippen molar-refractivity contribution in [3.8, 4) is 0 Å². The molecule has 26 heavy (non-hydrogen) atoms. The summed E-state index contributed by atoms with van der Waals surface area (Å²) in [5.41, 5.74) is 1.48. The molecule has 0 saturated carbocycles. The van der Waals surface area contributed by atoms with E-state index in [-0.39, 0.29) is 17.4 Å². The molecule has 1 atom stereocenters. The number of likely N-dealkylation sites (tertiary alicyclic amines) is 1. The Morgan fingerprint density at radius 1 is 1.31 bits per heavy atom. The van der Waals surface area contributed by atoms with Gasteiger partial charge < -0.3 is 14.3 Å². The van der Waals surface area contributed by atoms with Gasteiger partial charge in [0.15, 0.2) is 0 Å². The molecule has 4 heterocycles. The number of aromatic nitrogens is 2. The van der Waals surface area contributed by atoms with E-state index in [2.05, 4.69) is 14.9 Å². The number of nitrogens with one attached hydrogen (secondary N) is 1. The summed E-state index contributed by atoms with van der Waals surface area (Å²) in [6.45, 7) is 3.74. The van der Waals surface area contributed by atoms with Crippen LogP contribution in [0, 0.1) is 5.92 Å². The molecule has 2 aliphatic heterocycles. The van der Waals surface area contributed by atoms with Gasteiger partial charge in [0.2, 0.25) is 5.91 Å². The van der Waals surface area contributed by atoms with Gasteiger partial charge in [-0.25, -0.2) is 4.98 Å².